The monoisotopic (exact) mass is 349 g/mol. The van der Waals surface area contributed by atoms with Gasteiger partial charge in [-0.15, -0.1) is 0 Å². The quantitative estimate of drug-likeness (QED) is 0.651. The smallest absolute Gasteiger partial charge is 0.277 e. The second-order valence-corrected chi connectivity index (χ2v) is 5.88. The molecular formula is C11H16IN3O2. The van der Waals surface area contributed by atoms with Crippen molar-refractivity contribution >= 4 is 28.5 Å². The topological polar surface area (TPSA) is 70.1 Å². The molecule has 5 nitrogen and oxygen atoms in total. The summed E-state index contributed by atoms with van der Waals surface area (Å²) in [5.74, 6) is 0.228. The summed E-state index contributed by atoms with van der Waals surface area (Å²) in [6, 6.07) is 0. The number of nitrogens with zero attached hydrogens (tertiary/aromatic N) is 2. The van der Waals surface area contributed by atoms with Crippen LogP contribution in [0.2, 0.25) is 0 Å². The largest absolute Gasteiger partial charge is 0.369 e. The van der Waals surface area contributed by atoms with Crippen molar-refractivity contribution in [2.75, 3.05) is 5.73 Å². The van der Waals surface area contributed by atoms with Gasteiger partial charge < -0.3 is 10.5 Å². The maximum Gasteiger partial charge on any atom is 0.277 e. The third-order valence-corrected chi connectivity index (χ3v) is 4.34. The molecule has 0 aliphatic carbocycles. The van der Waals surface area contributed by atoms with Crippen molar-refractivity contribution in [2.45, 2.75) is 42.9 Å². The Bertz CT molecular complexity index is 474. The van der Waals surface area contributed by atoms with Crippen LogP contribution in [0.1, 0.15) is 31.6 Å². The van der Waals surface area contributed by atoms with Crippen LogP contribution in [0.4, 0.5) is 5.95 Å². The molecule has 1 aromatic heterocycles. The number of aromatic nitrogens is 2. The van der Waals surface area contributed by atoms with Gasteiger partial charge in [-0.2, -0.15) is 4.98 Å². The molecule has 3 atom stereocenters. The second kappa shape index (κ2) is 4.93. The molecule has 17 heavy (non-hydrogen) atoms. The fraction of sp³-hybridized carbons (Fsp3) is 0.636. The number of nitrogen functional groups attached to an aromatic ring is 1. The first-order valence-electron chi connectivity index (χ1n) is 5.67. The van der Waals surface area contributed by atoms with Gasteiger partial charge in [0.1, 0.15) is 6.23 Å². The number of aryl methyl sites for hydroxylation is 1. The number of halogens is 1. The maximum absolute atomic E-state index is 11.3. The molecule has 1 fully saturated rings. The van der Waals surface area contributed by atoms with Crippen molar-refractivity contribution in [3.63, 3.8) is 0 Å². The summed E-state index contributed by atoms with van der Waals surface area (Å²) < 4.78 is 8.15. The number of nitrogens with two attached hydrogens (primary N) is 1. The van der Waals surface area contributed by atoms with Crippen LogP contribution in [-0.4, -0.2) is 19.6 Å². The van der Waals surface area contributed by atoms with Crippen LogP contribution < -0.4 is 11.3 Å². The van der Waals surface area contributed by atoms with E-state index < -0.39 is 0 Å². The van der Waals surface area contributed by atoms with E-state index >= 15 is 0 Å². The molecule has 6 heteroatoms. The second-order valence-electron chi connectivity index (χ2n) is 4.28. The Morgan fingerprint density at radius 3 is 3.00 bits per heavy atom. The lowest BCUT2D eigenvalue weighted by Crippen LogP contribution is -2.22. The highest BCUT2D eigenvalue weighted by molar-refractivity contribution is 14.1. The van der Waals surface area contributed by atoms with Gasteiger partial charge in [0.2, 0.25) is 5.95 Å². The zero-order valence-corrected chi connectivity index (χ0v) is 12.0. The predicted molar refractivity (Wildman–Crippen MR) is 74.3 cm³/mol. The predicted octanol–water partition coefficient (Wildman–Crippen LogP) is 1.64. The zero-order valence-electron chi connectivity index (χ0n) is 9.89. The van der Waals surface area contributed by atoms with Crippen LogP contribution in [0.15, 0.2) is 11.0 Å². The number of hydrogen-bond acceptors (Lipinski definition) is 4. The van der Waals surface area contributed by atoms with Gasteiger partial charge in [-0.1, -0.05) is 29.5 Å². The minimum absolute atomic E-state index is 0.103. The van der Waals surface area contributed by atoms with Crippen molar-refractivity contribution in [3.05, 3.63) is 22.1 Å². The van der Waals surface area contributed by atoms with Crippen molar-refractivity contribution in [1.29, 1.82) is 0 Å². The van der Waals surface area contributed by atoms with Gasteiger partial charge in [0.25, 0.3) is 5.56 Å². The third-order valence-electron chi connectivity index (χ3n) is 3.03. The molecule has 1 aliphatic heterocycles. The minimum atomic E-state index is -0.269. The molecule has 0 aromatic carbocycles. The average molecular weight is 349 g/mol. The van der Waals surface area contributed by atoms with E-state index in [1.54, 1.807) is 17.7 Å². The molecule has 0 amide bonds. The lowest BCUT2D eigenvalue weighted by molar-refractivity contribution is 0.00252. The Labute approximate surface area is 114 Å². The van der Waals surface area contributed by atoms with E-state index in [9.17, 15) is 4.79 Å². The number of alkyl halides is 1. The minimum Gasteiger partial charge on any atom is -0.369 e. The summed E-state index contributed by atoms with van der Waals surface area (Å²) in [4.78, 5) is 15.1. The number of rotatable bonds is 2. The van der Waals surface area contributed by atoms with Crippen LogP contribution >= 0.6 is 22.6 Å². The molecule has 1 aromatic rings. The first-order chi connectivity index (χ1) is 8.02. The summed E-state index contributed by atoms with van der Waals surface area (Å²) in [5.41, 5.74) is 6.09. The van der Waals surface area contributed by atoms with Gasteiger partial charge in [0.05, 0.1) is 6.10 Å². The van der Waals surface area contributed by atoms with E-state index in [0.717, 1.165) is 12.8 Å². The van der Waals surface area contributed by atoms with E-state index in [2.05, 4.69) is 34.5 Å². The molecule has 94 valence electrons. The molecule has 1 saturated heterocycles. The van der Waals surface area contributed by atoms with Crippen molar-refractivity contribution in [3.8, 4) is 0 Å². The van der Waals surface area contributed by atoms with Gasteiger partial charge in [-0.05, 0) is 13.3 Å². The normalized spacial score (nSPS) is 28.5. The van der Waals surface area contributed by atoms with Crippen LogP contribution in [0.3, 0.4) is 0 Å². The summed E-state index contributed by atoms with van der Waals surface area (Å²) >= 11 is 2.40. The van der Waals surface area contributed by atoms with Gasteiger partial charge in [0.15, 0.2) is 0 Å². The molecule has 1 aliphatic rings. The summed E-state index contributed by atoms with van der Waals surface area (Å²) in [6.07, 6.45) is 3.76. The number of anilines is 1. The molecule has 0 radical (unpaired) electrons. The first-order valence-corrected chi connectivity index (χ1v) is 6.92. The van der Waals surface area contributed by atoms with Gasteiger partial charge in [-0.25, -0.2) is 0 Å². The first kappa shape index (κ1) is 12.8. The van der Waals surface area contributed by atoms with Crippen molar-refractivity contribution < 1.29 is 4.74 Å². The van der Waals surface area contributed by atoms with Crippen molar-refractivity contribution in [2.24, 2.45) is 0 Å². The molecule has 2 heterocycles. The van der Waals surface area contributed by atoms with Gasteiger partial charge in [0, 0.05) is 22.1 Å². The van der Waals surface area contributed by atoms with Crippen LogP contribution in [0, 0.1) is 6.92 Å². The lowest BCUT2D eigenvalue weighted by Gasteiger charge is -2.17. The van der Waals surface area contributed by atoms with Crippen LogP contribution in [0.25, 0.3) is 0 Å². The van der Waals surface area contributed by atoms with Crippen LogP contribution in [-0.2, 0) is 4.74 Å². The van der Waals surface area contributed by atoms with Crippen molar-refractivity contribution in [1.82, 2.24) is 9.55 Å². The molecule has 0 saturated carbocycles. The standard InChI is InChI=1S/C11H16IN3O2/c1-3-8-7(12)4-9(17-8)15-5-6(2)10(16)14-11(15)13/h5,7-9H,3-4H2,1-2H3,(H2,13,14,16)/t7?,8-,9-/m1/s1. The average Bonchev–Trinajstić information content (AvgIpc) is 2.65. The number of hydrogen-bond donors (Lipinski definition) is 1. The summed E-state index contributed by atoms with van der Waals surface area (Å²) in [6.45, 7) is 3.84. The molecule has 0 bridgehead atoms. The zero-order chi connectivity index (χ0) is 12.6. The van der Waals surface area contributed by atoms with E-state index in [0.29, 0.717) is 9.49 Å². The Kier molecular flexibility index (Phi) is 3.72. The Balaban J connectivity index is 2.30. The Hall–Kier alpha value is -0.630. The van der Waals surface area contributed by atoms with Gasteiger partial charge >= 0.3 is 0 Å². The molecule has 0 spiro atoms. The lowest BCUT2D eigenvalue weighted by atomic mass is 10.2. The fourth-order valence-corrected chi connectivity index (χ4v) is 3.14. The maximum atomic E-state index is 11.3. The molecule has 2 N–H and O–H groups in total. The van der Waals surface area contributed by atoms with E-state index in [-0.39, 0.29) is 23.8 Å². The Morgan fingerprint density at radius 2 is 2.41 bits per heavy atom. The summed E-state index contributed by atoms with van der Waals surface area (Å²) in [5, 5.41) is 0. The molecular weight excluding hydrogens is 333 g/mol. The van der Waals surface area contributed by atoms with E-state index in [1.165, 1.54) is 0 Å². The third kappa shape index (κ3) is 2.47. The fourth-order valence-electron chi connectivity index (χ4n) is 2.03. The highest BCUT2D eigenvalue weighted by Gasteiger charge is 2.33. The Morgan fingerprint density at radius 1 is 1.71 bits per heavy atom. The number of ether oxygens (including phenoxy) is 1. The molecule has 1 unspecified atom stereocenters. The highest BCUT2D eigenvalue weighted by atomic mass is 127. The molecule has 2 rings (SSSR count). The summed E-state index contributed by atoms with van der Waals surface area (Å²) in [7, 11) is 0. The van der Waals surface area contributed by atoms with E-state index in [4.69, 9.17) is 10.5 Å². The van der Waals surface area contributed by atoms with Crippen LogP contribution in [0.5, 0.6) is 0 Å². The SMILES string of the molecule is CC[C@H]1O[C@@H](n2cc(C)c(=O)nc2N)CC1I. The highest BCUT2D eigenvalue weighted by Crippen LogP contribution is 2.35. The van der Waals surface area contributed by atoms with Gasteiger partial charge in [-0.3, -0.25) is 9.36 Å². The van der Waals surface area contributed by atoms with E-state index in [1.807, 2.05) is 0 Å².